The van der Waals surface area contributed by atoms with Crippen molar-refractivity contribution in [2.75, 3.05) is 5.32 Å². The van der Waals surface area contributed by atoms with Gasteiger partial charge >= 0.3 is 0 Å². The minimum Gasteiger partial charge on any atom is -0.505 e. The Kier molecular flexibility index (Phi) is 2.73. The van der Waals surface area contributed by atoms with Gasteiger partial charge in [-0.05, 0) is 43.2 Å². The standard InChI is InChI=1S/C14H16FNO2/c15-12-7-10(3-4-13(12)17)16-14(18)11-6-8-1-2-9(11)5-8/h3-4,7-9,11,17H,1-2,5-6H2,(H,16,18). The molecule has 4 heteroatoms. The number of hydrogen-bond donors (Lipinski definition) is 2. The molecule has 3 unspecified atom stereocenters. The fraction of sp³-hybridized carbons (Fsp3) is 0.500. The predicted octanol–water partition coefficient (Wildman–Crippen LogP) is 2.91. The van der Waals surface area contributed by atoms with Crippen LogP contribution in [0.2, 0.25) is 0 Å². The maximum atomic E-state index is 13.2. The molecular weight excluding hydrogens is 233 g/mol. The number of halogens is 1. The van der Waals surface area contributed by atoms with Crippen molar-refractivity contribution in [1.29, 1.82) is 0 Å². The number of hydrogen-bond acceptors (Lipinski definition) is 2. The number of rotatable bonds is 2. The lowest BCUT2D eigenvalue weighted by Gasteiger charge is -2.20. The summed E-state index contributed by atoms with van der Waals surface area (Å²) in [5.74, 6) is 0.195. The third-order valence-corrected chi connectivity index (χ3v) is 4.29. The van der Waals surface area contributed by atoms with Crippen LogP contribution in [0, 0.1) is 23.6 Å². The molecule has 0 spiro atoms. The Balaban J connectivity index is 1.69. The van der Waals surface area contributed by atoms with Crippen molar-refractivity contribution in [3.8, 4) is 5.75 Å². The number of fused-ring (bicyclic) bond motifs is 2. The fourth-order valence-electron chi connectivity index (χ4n) is 3.39. The highest BCUT2D eigenvalue weighted by molar-refractivity contribution is 5.93. The molecule has 3 atom stereocenters. The van der Waals surface area contributed by atoms with Crippen LogP contribution >= 0.6 is 0 Å². The zero-order valence-corrected chi connectivity index (χ0v) is 10.0. The van der Waals surface area contributed by atoms with Crippen LogP contribution in [-0.4, -0.2) is 11.0 Å². The normalized spacial score (nSPS) is 29.5. The second kappa shape index (κ2) is 4.26. The Morgan fingerprint density at radius 2 is 2.17 bits per heavy atom. The molecule has 2 fully saturated rings. The van der Waals surface area contributed by atoms with E-state index in [1.54, 1.807) is 0 Å². The van der Waals surface area contributed by atoms with E-state index in [4.69, 9.17) is 5.11 Å². The smallest absolute Gasteiger partial charge is 0.227 e. The molecule has 2 bridgehead atoms. The highest BCUT2D eigenvalue weighted by Gasteiger charge is 2.42. The average molecular weight is 249 g/mol. The van der Waals surface area contributed by atoms with Crippen LogP contribution in [0.5, 0.6) is 5.75 Å². The third kappa shape index (κ3) is 1.96. The lowest BCUT2D eigenvalue weighted by molar-refractivity contribution is -0.121. The first-order valence-corrected chi connectivity index (χ1v) is 6.43. The van der Waals surface area contributed by atoms with E-state index in [2.05, 4.69) is 5.32 Å². The van der Waals surface area contributed by atoms with Gasteiger partial charge in [0.1, 0.15) is 0 Å². The van der Waals surface area contributed by atoms with Crippen LogP contribution < -0.4 is 5.32 Å². The number of amides is 1. The number of carbonyl (C=O) groups excluding carboxylic acids is 1. The van der Waals surface area contributed by atoms with Gasteiger partial charge in [-0.2, -0.15) is 0 Å². The molecule has 3 nitrogen and oxygen atoms in total. The highest BCUT2D eigenvalue weighted by atomic mass is 19.1. The second-order valence-electron chi connectivity index (χ2n) is 5.44. The SMILES string of the molecule is O=C(Nc1ccc(O)c(F)c1)C1CC2CCC1C2. The van der Waals surface area contributed by atoms with Gasteiger partial charge < -0.3 is 10.4 Å². The van der Waals surface area contributed by atoms with Crippen LogP contribution in [-0.2, 0) is 4.79 Å². The monoisotopic (exact) mass is 249 g/mol. The van der Waals surface area contributed by atoms with Crippen molar-refractivity contribution >= 4 is 11.6 Å². The van der Waals surface area contributed by atoms with E-state index in [1.807, 2.05) is 0 Å². The molecular formula is C14H16FNO2. The topological polar surface area (TPSA) is 49.3 Å². The number of aromatic hydroxyl groups is 1. The molecule has 96 valence electrons. The van der Waals surface area contributed by atoms with Crippen LogP contribution in [0.25, 0.3) is 0 Å². The number of nitrogens with one attached hydrogen (secondary N) is 1. The maximum absolute atomic E-state index is 13.2. The van der Waals surface area contributed by atoms with Gasteiger partial charge in [-0.25, -0.2) is 4.39 Å². The first-order valence-electron chi connectivity index (χ1n) is 6.43. The largest absolute Gasteiger partial charge is 0.505 e. The lowest BCUT2D eigenvalue weighted by Crippen LogP contribution is -2.27. The first-order chi connectivity index (χ1) is 8.63. The highest BCUT2D eigenvalue weighted by Crippen LogP contribution is 2.48. The van der Waals surface area contributed by atoms with E-state index in [0.29, 0.717) is 17.5 Å². The molecule has 18 heavy (non-hydrogen) atoms. The quantitative estimate of drug-likeness (QED) is 0.792. The zero-order valence-electron chi connectivity index (χ0n) is 10.0. The molecule has 0 aliphatic heterocycles. The average Bonchev–Trinajstić information content (AvgIpc) is 2.96. The van der Waals surface area contributed by atoms with E-state index in [0.717, 1.165) is 18.9 Å². The molecule has 0 radical (unpaired) electrons. The van der Waals surface area contributed by atoms with Crippen molar-refractivity contribution in [1.82, 2.24) is 0 Å². The third-order valence-electron chi connectivity index (χ3n) is 4.29. The van der Waals surface area contributed by atoms with Crippen molar-refractivity contribution < 1.29 is 14.3 Å². The summed E-state index contributed by atoms with van der Waals surface area (Å²) < 4.78 is 13.2. The van der Waals surface area contributed by atoms with Gasteiger partial charge in [-0.3, -0.25) is 4.79 Å². The first kappa shape index (κ1) is 11.5. The van der Waals surface area contributed by atoms with Gasteiger partial charge in [0, 0.05) is 17.7 Å². The summed E-state index contributed by atoms with van der Waals surface area (Å²) >= 11 is 0. The molecule has 2 N–H and O–H groups in total. The summed E-state index contributed by atoms with van der Waals surface area (Å²) in [6.07, 6.45) is 4.54. The Hall–Kier alpha value is -1.58. The minimum absolute atomic E-state index is 0.00714. The Bertz CT molecular complexity index is 489. The van der Waals surface area contributed by atoms with Gasteiger partial charge in [0.2, 0.25) is 5.91 Å². The van der Waals surface area contributed by atoms with Gasteiger partial charge in [0.25, 0.3) is 0 Å². The van der Waals surface area contributed by atoms with Gasteiger partial charge in [-0.1, -0.05) is 6.42 Å². The fourth-order valence-corrected chi connectivity index (χ4v) is 3.39. The van der Waals surface area contributed by atoms with Crippen LogP contribution in [0.3, 0.4) is 0 Å². The second-order valence-corrected chi connectivity index (χ2v) is 5.44. The minimum atomic E-state index is -0.708. The summed E-state index contributed by atoms with van der Waals surface area (Å²) in [5, 5.41) is 11.8. The van der Waals surface area contributed by atoms with E-state index in [9.17, 15) is 9.18 Å². The van der Waals surface area contributed by atoms with Crippen LogP contribution in [0.4, 0.5) is 10.1 Å². The van der Waals surface area contributed by atoms with Crippen molar-refractivity contribution in [3.05, 3.63) is 24.0 Å². The van der Waals surface area contributed by atoms with E-state index in [-0.39, 0.29) is 11.8 Å². The van der Waals surface area contributed by atoms with Gasteiger partial charge in [0.05, 0.1) is 0 Å². The summed E-state index contributed by atoms with van der Waals surface area (Å²) in [6, 6.07) is 3.93. The van der Waals surface area contributed by atoms with E-state index in [1.165, 1.54) is 25.0 Å². The van der Waals surface area contributed by atoms with Crippen LogP contribution in [0.15, 0.2) is 18.2 Å². The Morgan fingerprint density at radius 3 is 2.78 bits per heavy atom. The number of anilines is 1. The lowest BCUT2D eigenvalue weighted by atomic mass is 9.88. The molecule has 2 aliphatic rings. The zero-order chi connectivity index (χ0) is 12.7. The van der Waals surface area contributed by atoms with Crippen molar-refractivity contribution in [2.24, 2.45) is 17.8 Å². The van der Waals surface area contributed by atoms with E-state index < -0.39 is 11.6 Å². The maximum Gasteiger partial charge on any atom is 0.227 e. The van der Waals surface area contributed by atoms with Crippen molar-refractivity contribution in [2.45, 2.75) is 25.7 Å². The number of phenolic OH excluding ortho intramolecular Hbond substituents is 1. The Labute approximate surface area is 105 Å². The van der Waals surface area contributed by atoms with Gasteiger partial charge in [0.15, 0.2) is 11.6 Å². The summed E-state index contributed by atoms with van der Waals surface area (Å²) in [4.78, 5) is 12.1. The Morgan fingerprint density at radius 1 is 1.33 bits per heavy atom. The summed E-state index contributed by atoms with van der Waals surface area (Å²) in [6.45, 7) is 0. The molecule has 2 aliphatic carbocycles. The number of carbonyl (C=O) groups is 1. The molecule has 0 saturated heterocycles. The van der Waals surface area contributed by atoms with Gasteiger partial charge in [-0.15, -0.1) is 0 Å². The summed E-state index contributed by atoms with van der Waals surface area (Å²) in [7, 11) is 0. The molecule has 1 aromatic rings. The molecule has 3 rings (SSSR count). The van der Waals surface area contributed by atoms with Crippen molar-refractivity contribution in [3.63, 3.8) is 0 Å². The number of benzene rings is 1. The van der Waals surface area contributed by atoms with Crippen LogP contribution in [0.1, 0.15) is 25.7 Å². The molecule has 1 aromatic carbocycles. The summed E-state index contributed by atoms with van der Waals surface area (Å²) in [5.41, 5.74) is 0.415. The molecule has 2 saturated carbocycles. The molecule has 1 amide bonds. The van der Waals surface area contributed by atoms with E-state index >= 15 is 0 Å². The number of phenols is 1. The molecule has 0 heterocycles. The molecule has 0 aromatic heterocycles. The predicted molar refractivity (Wildman–Crippen MR) is 65.6 cm³/mol.